The van der Waals surface area contributed by atoms with E-state index >= 15 is 0 Å². The molecule has 2 heterocycles. The quantitative estimate of drug-likeness (QED) is 0.194. The van der Waals surface area contributed by atoms with Gasteiger partial charge in [0, 0.05) is 34.1 Å². The van der Waals surface area contributed by atoms with Gasteiger partial charge in [0.2, 0.25) is 0 Å². The molecule has 0 aromatic heterocycles. The zero-order chi connectivity index (χ0) is 30.6. The fraction of sp³-hybridized carbons (Fsp3) is 0. The van der Waals surface area contributed by atoms with Crippen molar-refractivity contribution in [2.45, 2.75) is 0 Å². The third kappa shape index (κ3) is 4.12. The number of rotatable bonds is 4. The second-order valence-electron chi connectivity index (χ2n) is 11.7. The van der Waals surface area contributed by atoms with E-state index in [-0.39, 0.29) is 6.71 Å². The zero-order valence-corrected chi connectivity index (χ0v) is 24.6. The van der Waals surface area contributed by atoms with E-state index in [0.29, 0.717) is 6.04 Å². The summed E-state index contributed by atoms with van der Waals surface area (Å²) in [5.74, 6) is 0. The van der Waals surface area contributed by atoms with Crippen LogP contribution < -0.4 is 26.2 Å². The Kier molecular flexibility index (Phi) is 5.71. The maximum absolute atomic E-state index is 9.08. The number of anilines is 6. The van der Waals surface area contributed by atoms with E-state index in [9.17, 15) is 0 Å². The molecule has 0 radical (unpaired) electrons. The molecule has 0 unspecified atom stereocenters. The Morgan fingerprint density at radius 2 is 0.867 bits per heavy atom. The average Bonchev–Trinajstić information content (AvgIpc) is 3.12. The molecular formula is C42H29BN2. The number of nitrogens with zero attached hydrogens (tertiary/aromatic N) is 2. The van der Waals surface area contributed by atoms with E-state index in [1.54, 1.807) is 0 Å². The van der Waals surface area contributed by atoms with Crippen LogP contribution >= 0.6 is 0 Å². The summed E-state index contributed by atoms with van der Waals surface area (Å²) in [6, 6.07) is 60.8. The van der Waals surface area contributed by atoms with Gasteiger partial charge in [0.1, 0.15) is 0 Å². The Labute approximate surface area is 266 Å². The van der Waals surface area contributed by atoms with E-state index < -0.39 is 0 Å². The molecule has 0 bridgehead atoms. The lowest BCUT2D eigenvalue weighted by molar-refractivity contribution is 1.25. The van der Waals surface area contributed by atoms with Crippen LogP contribution in [0.25, 0.3) is 22.3 Å². The Morgan fingerprint density at radius 3 is 1.53 bits per heavy atom. The second kappa shape index (κ2) is 10.4. The van der Waals surface area contributed by atoms with Crippen molar-refractivity contribution in [3.8, 4) is 22.3 Å². The molecule has 0 fully saturated rings. The molecule has 2 nitrogen and oxygen atoms in total. The van der Waals surface area contributed by atoms with Gasteiger partial charge < -0.3 is 9.80 Å². The largest absolute Gasteiger partial charge is 0.311 e. The highest BCUT2D eigenvalue weighted by Crippen LogP contribution is 2.44. The molecule has 0 aliphatic carbocycles. The lowest BCUT2D eigenvalue weighted by atomic mass is 9.33. The molecular weight excluding hydrogens is 543 g/mol. The molecule has 0 N–H and O–H groups in total. The Bertz CT molecular complexity index is 2220. The Hall–Kier alpha value is -5.80. The van der Waals surface area contributed by atoms with Gasteiger partial charge in [-0.25, -0.2) is 0 Å². The monoisotopic (exact) mass is 573 g/mol. The summed E-state index contributed by atoms with van der Waals surface area (Å²) >= 11 is 0. The van der Waals surface area contributed by atoms with Crippen LogP contribution in [0.3, 0.4) is 0 Å². The fourth-order valence-corrected chi connectivity index (χ4v) is 7.19. The second-order valence-corrected chi connectivity index (χ2v) is 11.7. The van der Waals surface area contributed by atoms with Gasteiger partial charge in [0.15, 0.2) is 0 Å². The van der Waals surface area contributed by atoms with Crippen molar-refractivity contribution in [3.05, 3.63) is 176 Å². The Balaban J connectivity index is 1.32. The van der Waals surface area contributed by atoms with Crippen LogP contribution in [-0.4, -0.2) is 6.71 Å². The summed E-state index contributed by atoms with van der Waals surface area (Å²) in [6.07, 6.45) is 0. The third-order valence-electron chi connectivity index (χ3n) is 9.18. The molecule has 2 aliphatic heterocycles. The van der Waals surface area contributed by atoms with Gasteiger partial charge in [0.25, 0.3) is 6.71 Å². The van der Waals surface area contributed by atoms with E-state index in [2.05, 4.69) is 168 Å². The highest BCUT2D eigenvalue weighted by atomic mass is 15.2. The van der Waals surface area contributed by atoms with Gasteiger partial charge in [-0.1, -0.05) is 127 Å². The van der Waals surface area contributed by atoms with Crippen molar-refractivity contribution in [1.29, 1.82) is 0 Å². The molecule has 45 heavy (non-hydrogen) atoms. The summed E-state index contributed by atoms with van der Waals surface area (Å²) in [5, 5.41) is 0. The summed E-state index contributed by atoms with van der Waals surface area (Å²) in [7, 11) is 0. The molecule has 0 saturated carbocycles. The molecule has 9 rings (SSSR count). The van der Waals surface area contributed by atoms with E-state index in [0.717, 1.165) is 34.1 Å². The summed E-state index contributed by atoms with van der Waals surface area (Å²) in [5.41, 5.74) is 15.1. The predicted molar refractivity (Wildman–Crippen MR) is 191 cm³/mol. The minimum atomic E-state index is 0.0141. The number of hydrogen-bond acceptors (Lipinski definition) is 2. The normalized spacial score (nSPS) is 13.1. The lowest BCUT2D eigenvalue weighted by Crippen LogP contribution is -2.61. The highest BCUT2D eigenvalue weighted by molar-refractivity contribution is 7.00. The standard InChI is InChI=1S/C42H29BN2/c1-4-13-30(14-5-1)32-23-26-35(27-24-32)45-39-28-25-33(31-15-6-2-7-16-31)29-37(39)43-36-19-10-11-20-38(36)44(34-17-8-3-9-18-34)40-21-12-22-41(45)42(40)43/h1-29H/i12D. The summed E-state index contributed by atoms with van der Waals surface area (Å²) in [6.45, 7) is 0.0141. The van der Waals surface area contributed by atoms with Crippen molar-refractivity contribution in [2.24, 2.45) is 0 Å². The molecule has 7 aromatic carbocycles. The van der Waals surface area contributed by atoms with Gasteiger partial charge in [-0.2, -0.15) is 0 Å². The van der Waals surface area contributed by atoms with Gasteiger partial charge in [-0.05, 0) is 87.2 Å². The molecule has 3 heteroatoms. The molecule has 0 saturated heterocycles. The SMILES string of the molecule is [2H]c1cc2c3c(c1)N(c1ccc(-c4ccccc4)cc1)c1ccc(-c4ccccc4)cc1B3c1ccccc1N2c1ccccc1. The first-order chi connectivity index (χ1) is 22.7. The van der Waals surface area contributed by atoms with Gasteiger partial charge in [-0.3, -0.25) is 0 Å². The molecule has 0 amide bonds. The van der Waals surface area contributed by atoms with Crippen LogP contribution in [0.2, 0.25) is 0 Å². The molecule has 2 aliphatic rings. The number of benzene rings is 7. The first kappa shape index (κ1) is 24.6. The van der Waals surface area contributed by atoms with Crippen LogP contribution in [0.4, 0.5) is 34.1 Å². The molecule has 210 valence electrons. The van der Waals surface area contributed by atoms with Crippen LogP contribution in [0.15, 0.2) is 176 Å². The number of para-hydroxylation sites is 2. The summed E-state index contributed by atoms with van der Waals surface area (Å²) in [4.78, 5) is 4.70. The van der Waals surface area contributed by atoms with Crippen molar-refractivity contribution in [2.75, 3.05) is 9.80 Å². The summed E-state index contributed by atoms with van der Waals surface area (Å²) < 4.78 is 9.08. The van der Waals surface area contributed by atoms with E-state index in [4.69, 9.17) is 1.37 Å². The van der Waals surface area contributed by atoms with Crippen molar-refractivity contribution in [1.82, 2.24) is 0 Å². The molecule has 0 spiro atoms. The topological polar surface area (TPSA) is 6.48 Å². The fourth-order valence-electron chi connectivity index (χ4n) is 7.19. The number of fused-ring (bicyclic) bond motifs is 4. The molecule has 7 aromatic rings. The first-order valence-electron chi connectivity index (χ1n) is 16.0. The maximum atomic E-state index is 9.08. The maximum Gasteiger partial charge on any atom is 0.252 e. The van der Waals surface area contributed by atoms with E-state index in [1.807, 2.05) is 12.1 Å². The van der Waals surface area contributed by atoms with Gasteiger partial charge in [-0.15, -0.1) is 0 Å². The van der Waals surface area contributed by atoms with Crippen molar-refractivity contribution < 1.29 is 1.37 Å². The highest BCUT2D eigenvalue weighted by Gasteiger charge is 2.43. The first-order valence-corrected chi connectivity index (χ1v) is 15.5. The van der Waals surface area contributed by atoms with Crippen molar-refractivity contribution >= 4 is 57.2 Å². The van der Waals surface area contributed by atoms with Crippen LogP contribution in [0.5, 0.6) is 0 Å². The van der Waals surface area contributed by atoms with Crippen LogP contribution in [0, 0.1) is 0 Å². The third-order valence-corrected chi connectivity index (χ3v) is 9.18. The van der Waals surface area contributed by atoms with Crippen LogP contribution in [0.1, 0.15) is 1.37 Å². The number of hydrogen-bond donors (Lipinski definition) is 0. The van der Waals surface area contributed by atoms with Gasteiger partial charge in [0.05, 0.1) is 1.37 Å². The lowest BCUT2D eigenvalue weighted by Gasteiger charge is -2.44. The minimum Gasteiger partial charge on any atom is -0.311 e. The minimum absolute atomic E-state index is 0.0141. The smallest absolute Gasteiger partial charge is 0.252 e. The molecule has 0 atom stereocenters. The van der Waals surface area contributed by atoms with Crippen molar-refractivity contribution in [3.63, 3.8) is 0 Å². The average molecular weight is 574 g/mol. The Morgan fingerprint density at radius 1 is 0.378 bits per heavy atom. The van der Waals surface area contributed by atoms with E-state index in [1.165, 1.54) is 38.6 Å². The van der Waals surface area contributed by atoms with Crippen LogP contribution in [-0.2, 0) is 0 Å². The zero-order valence-electron chi connectivity index (χ0n) is 25.6. The van der Waals surface area contributed by atoms with Gasteiger partial charge >= 0.3 is 0 Å². The predicted octanol–water partition coefficient (Wildman–Crippen LogP) is 9.10.